The summed E-state index contributed by atoms with van der Waals surface area (Å²) in [6, 6.07) is 0. The maximum absolute atomic E-state index is 4.05. The molecule has 0 spiro atoms. The monoisotopic (exact) mass is 154 g/mol. The van der Waals surface area contributed by atoms with Crippen LogP contribution >= 0.6 is 0 Å². The van der Waals surface area contributed by atoms with Crippen LogP contribution in [0.25, 0.3) is 0 Å². The summed E-state index contributed by atoms with van der Waals surface area (Å²) < 4.78 is 0. The Morgan fingerprint density at radius 3 is 2.27 bits per heavy atom. The van der Waals surface area contributed by atoms with Crippen LogP contribution in [0.3, 0.4) is 0 Å². The molecule has 0 atom stereocenters. The smallest absolute Gasteiger partial charge is 0.0205 e. The Morgan fingerprint density at radius 1 is 1.36 bits per heavy atom. The Balaban J connectivity index is 0.000000461. The maximum atomic E-state index is 4.05. The van der Waals surface area contributed by atoms with Gasteiger partial charge in [0.15, 0.2) is 0 Å². The molecule has 66 valence electrons. The van der Waals surface area contributed by atoms with E-state index >= 15 is 0 Å². The Morgan fingerprint density at radius 2 is 1.91 bits per heavy atom. The van der Waals surface area contributed by atoms with E-state index in [4.69, 9.17) is 0 Å². The Kier molecular flexibility index (Phi) is 6.30. The van der Waals surface area contributed by atoms with Gasteiger partial charge in [0.05, 0.1) is 0 Å². The van der Waals surface area contributed by atoms with Crippen LogP contribution < -0.4 is 0 Å². The Labute approximate surface area is 71.7 Å². The molecule has 0 aromatic rings. The second-order valence-electron chi connectivity index (χ2n) is 3.04. The van der Waals surface area contributed by atoms with Crippen LogP contribution in [0.2, 0.25) is 0 Å². The average molecular weight is 154 g/mol. The standard InChI is InChI=1S/C9H16.C2H6/c1-3-4-5-8(2)9-6-7-9;1-2/h9H,2-7H2,1H3;1-2H3. The van der Waals surface area contributed by atoms with Crippen molar-refractivity contribution in [2.24, 2.45) is 5.92 Å². The maximum Gasteiger partial charge on any atom is -0.0205 e. The zero-order valence-corrected chi connectivity index (χ0v) is 8.32. The number of hydrogen-bond acceptors (Lipinski definition) is 0. The van der Waals surface area contributed by atoms with Gasteiger partial charge in [0.1, 0.15) is 0 Å². The van der Waals surface area contributed by atoms with E-state index in [0.717, 1.165) is 5.92 Å². The predicted molar refractivity (Wildman–Crippen MR) is 52.7 cm³/mol. The summed E-state index contributed by atoms with van der Waals surface area (Å²) in [5.74, 6) is 0.927. The van der Waals surface area contributed by atoms with Gasteiger partial charge < -0.3 is 0 Å². The third-order valence-corrected chi connectivity index (χ3v) is 2.01. The molecule has 0 amide bonds. The van der Waals surface area contributed by atoms with Gasteiger partial charge in [-0.15, -0.1) is 0 Å². The van der Waals surface area contributed by atoms with Gasteiger partial charge in [0.2, 0.25) is 0 Å². The molecule has 0 N–H and O–H groups in total. The van der Waals surface area contributed by atoms with Crippen LogP contribution in [0.15, 0.2) is 12.2 Å². The third-order valence-electron chi connectivity index (χ3n) is 2.01. The van der Waals surface area contributed by atoms with Crippen molar-refractivity contribution in [1.82, 2.24) is 0 Å². The minimum atomic E-state index is 0.927. The highest BCUT2D eigenvalue weighted by Gasteiger charge is 2.23. The van der Waals surface area contributed by atoms with Crippen molar-refractivity contribution in [3.05, 3.63) is 12.2 Å². The van der Waals surface area contributed by atoms with Gasteiger partial charge in [0.25, 0.3) is 0 Å². The summed E-state index contributed by atoms with van der Waals surface area (Å²) in [7, 11) is 0. The minimum absolute atomic E-state index is 0.927. The Hall–Kier alpha value is -0.260. The fourth-order valence-corrected chi connectivity index (χ4v) is 1.10. The molecular weight excluding hydrogens is 132 g/mol. The van der Waals surface area contributed by atoms with Crippen molar-refractivity contribution in [2.75, 3.05) is 0 Å². The van der Waals surface area contributed by atoms with E-state index in [2.05, 4.69) is 13.5 Å². The van der Waals surface area contributed by atoms with Gasteiger partial charge in [0, 0.05) is 0 Å². The molecule has 1 saturated carbocycles. The van der Waals surface area contributed by atoms with Gasteiger partial charge in [-0.3, -0.25) is 0 Å². The zero-order valence-electron chi connectivity index (χ0n) is 8.32. The fraction of sp³-hybridized carbons (Fsp3) is 0.818. The summed E-state index contributed by atoms with van der Waals surface area (Å²) in [6.45, 7) is 10.3. The van der Waals surface area contributed by atoms with Crippen molar-refractivity contribution in [2.45, 2.75) is 52.9 Å². The van der Waals surface area contributed by atoms with E-state index in [1.54, 1.807) is 0 Å². The largest absolute Gasteiger partial charge is 0.0996 e. The van der Waals surface area contributed by atoms with E-state index in [1.165, 1.54) is 37.7 Å². The second kappa shape index (κ2) is 6.45. The van der Waals surface area contributed by atoms with E-state index < -0.39 is 0 Å². The molecular formula is C11H22. The van der Waals surface area contributed by atoms with Gasteiger partial charge in [-0.1, -0.05) is 39.3 Å². The van der Waals surface area contributed by atoms with Crippen LogP contribution in [-0.2, 0) is 0 Å². The highest BCUT2D eigenvalue weighted by molar-refractivity contribution is 5.06. The molecule has 0 bridgehead atoms. The highest BCUT2D eigenvalue weighted by atomic mass is 14.3. The fourth-order valence-electron chi connectivity index (χ4n) is 1.10. The van der Waals surface area contributed by atoms with Crippen molar-refractivity contribution in [3.63, 3.8) is 0 Å². The van der Waals surface area contributed by atoms with Crippen molar-refractivity contribution < 1.29 is 0 Å². The lowest BCUT2D eigenvalue weighted by molar-refractivity contribution is 0.751. The van der Waals surface area contributed by atoms with Gasteiger partial charge in [-0.25, -0.2) is 0 Å². The molecule has 0 heterocycles. The molecule has 1 fully saturated rings. The molecule has 0 heteroatoms. The molecule has 0 aromatic carbocycles. The lowest BCUT2D eigenvalue weighted by Gasteiger charge is -1.99. The number of rotatable bonds is 4. The Bertz CT molecular complexity index is 98.6. The first-order valence-corrected chi connectivity index (χ1v) is 5.02. The van der Waals surface area contributed by atoms with Crippen molar-refractivity contribution >= 4 is 0 Å². The third kappa shape index (κ3) is 5.06. The number of allylic oxidation sites excluding steroid dienone is 1. The van der Waals surface area contributed by atoms with Crippen LogP contribution in [-0.4, -0.2) is 0 Å². The summed E-state index contributed by atoms with van der Waals surface area (Å²) in [5, 5.41) is 0. The first-order valence-electron chi connectivity index (χ1n) is 5.02. The van der Waals surface area contributed by atoms with Gasteiger partial charge in [-0.2, -0.15) is 0 Å². The number of unbranched alkanes of at least 4 members (excludes halogenated alkanes) is 1. The first kappa shape index (κ1) is 10.7. The van der Waals surface area contributed by atoms with Crippen molar-refractivity contribution in [3.8, 4) is 0 Å². The van der Waals surface area contributed by atoms with Crippen LogP contribution in [0.1, 0.15) is 52.9 Å². The van der Waals surface area contributed by atoms with E-state index in [1.807, 2.05) is 13.8 Å². The molecule has 1 aliphatic carbocycles. The first-order chi connectivity index (χ1) is 5.34. The van der Waals surface area contributed by atoms with Gasteiger partial charge >= 0.3 is 0 Å². The average Bonchev–Trinajstić information content (AvgIpc) is 2.86. The normalized spacial score (nSPS) is 15.2. The highest BCUT2D eigenvalue weighted by Crippen LogP contribution is 2.37. The second-order valence-corrected chi connectivity index (χ2v) is 3.04. The molecule has 1 aliphatic rings. The summed E-state index contributed by atoms with van der Waals surface area (Å²) in [6.07, 6.45) is 6.77. The lowest BCUT2D eigenvalue weighted by atomic mass is 10.1. The molecule has 0 nitrogen and oxygen atoms in total. The molecule has 0 aliphatic heterocycles. The molecule has 0 saturated heterocycles. The lowest BCUT2D eigenvalue weighted by Crippen LogP contribution is -1.82. The quantitative estimate of drug-likeness (QED) is 0.533. The van der Waals surface area contributed by atoms with E-state index in [-0.39, 0.29) is 0 Å². The van der Waals surface area contributed by atoms with Crippen LogP contribution in [0.5, 0.6) is 0 Å². The molecule has 11 heavy (non-hydrogen) atoms. The predicted octanol–water partition coefficient (Wildman–Crippen LogP) is 4.17. The van der Waals surface area contributed by atoms with Crippen LogP contribution in [0.4, 0.5) is 0 Å². The molecule has 0 aromatic heterocycles. The minimum Gasteiger partial charge on any atom is -0.0996 e. The van der Waals surface area contributed by atoms with Crippen molar-refractivity contribution in [1.29, 1.82) is 0 Å². The molecule has 0 radical (unpaired) electrons. The van der Waals surface area contributed by atoms with Gasteiger partial charge in [-0.05, 0) is 31.6 Å². The topological polar surface area (TPSA) is 0 Å². The summed E-state index contributed by atoms with van der Waals surface area (Å²) >= 11 is 0. The summed E-state index contributed by atoms with van der Waals surface area (Å²) in [5.41, 5.74) is 1.51. The number of hydrogen-bond donors (Lipinski definition) is 0. The zero-order chi connectivity index (χ0) is 8.69. The molecule has 0 unspecified atom stereocenters. The molecule has 1 rings (SSSR count). The summed E-state index contributed by atoms with van der Waals surface area (Å²) in [4.78, 5) is 0. The SMILES string of the molecule is C=C(CCCC)C1CC1.CC. The van der Waals surface area contributed by atoms with Crippen LogP contribution in [0, 0.1) is 5.92 Å². The van der Waals surface area contributed by atoms with E-state index in [0.29, 0.717) is 0 Å². The van der Waals surface area contributed by atoms with E-state index in [9.17, 15) is 0 Å².